The Kier molecular flexibility index (Phi) is 5.31. The highest BCUT2D eigenvalue weighted by molar-refractivity contribution is 6.04. The predicted octanol–water partition coefficient (Wildman–Crippen LogP) is 2.58. The summed E-state index contributed by atoms with van der Waals surface area (Å²) in [5.41, 5.74) is 3.09. The molecular weight excluding hydrogens is 386 g/mol. The molecule has 3 amide bonds. The summed E-state index contributed by atoms with van der Waals surface area (Å²) in [5.74, 6) is 0.324. The van der Waals surface area contributed by atoms with Gasteiger partial charge in [-0.3, -0.25) is 14.4 Å². The molecule has 0 saturated carbocycles. The molecule has 0 spiro atoms. The number of nitrogens with zero attached hydrogens (tertiary/aromatic N) is 1. The first-order valence-electron chi connectivity index (χ1n) is 9.74. The SMILES string of the molecule is COc1ccc(N2CC(C(=O)Nc3ccc4c(c3)CCC(=O)N4)CC2=O)cc1OC. The van der Waals surface area contributed by atoms with Gasteiger partial charge in [-0.15, -0.1) is 0 Å². The van der Waals surface area contributed by atoms with Crippen molar-refractivity contribution in [2.75, 3.05) is 36.3 Å². The van der Waals surface area contributed by atoms with E-state index in [1.807, 2.05) is 6.07 Å². The second-order valence-corrected chi connectivity index (χ2v) is 7.35. The second kappa shape index (κ2) is 8.06. The molecule has 0 aliphatic carbocycles. The average Bonchev–Trinajstić information content (AvgIpc) is 3.15. The van der Waals surface area contributed by atoms with Gasteiger partial charge in [-0.25, -0.2) is 0 Å². The van der Waals surface area contributed by atoms with Gasteiger partial charge in [0.1, 0.15) is 0 Å². The molecule has 2 aliphatic heterocycles. The molecule has 4 rings (SSSR count). The average molecular weight is 409 g/mol. The molecule has 8 heteroatoms. The van der Waals surface area contributed by atoms with E-state index in [4.69, 9.17) is 9.47 Å². The maximum absolute atomic E-state index is 12.8. The number of fused-ring (bicyclic) bond motifs is 1. The van der Waals surface area contributed by atoms with E-state index >= 15 is 0 Å². The third-order valence-corrected chi connectivity index (χ3v) is 5.44. The van der Waals surface area contributed by atoms with Gasteiger partial charge in [0.2, 0.25) is 17.7 Å². The molecule has 2 heterocycles. The lowest BCUT2D eigenvalue weighted by atomic mass is 10.0. The van der Waals surface area contributed by atoms with E-state index in [9.17, 15) is 14.4 Å². The lowest BCUT2D eigenvalue weighted by molar-refractivity contribution is -0.122. The fourth-order valence-corrected chi connectivity index (χ4v) is 3.83. The summed E-state index contributed by atoms with van der Waals surface area (Å²) < 4.78 is 10.5. The van der Waals surface area contributed by atoms with E-state index in [1.165, 1.54) is 7.11 Å². The van der Waals surface area contributed by atoms with Crippen LogP contribution in [-0.2, 0) is 20.8 Å². The third-order valence-electron chi connectivity index (χ3n) is 5.44. The van der Waals surface area contributed by atoms with E-state index in [0.29, 0.717) is 42.3 Å². The highest BCUT2D eigenvalue weighted by Crippen LogP contribution is 2.34. The zero-order valence-corrected chi connectivity index (χ0v) is 16.9. The molecule has 8 nitrogen and oxygen atoms in total. The first-order valence-corrected chi connectivity index (χ1v) is 9.74. The van der Waals surface area contributed by atoms with Crippen LogP contribution in [0.3, 0.4) is 0 Å². The summed E-state index contributed by atoms with van der Waals surface area (Å²) in [5, 5.41) is 5.72. The van der Waals surface area contributed by atoms with Crippen molar-refractivity contribution in [1.82, 2.24) is 0 Å². The Morgan fingerprint density at radius 1 is 1.07 bits per heavy atom. The van der Waals surface area contributed by atoms with Crippen LogP contribution in [0, 0.1) is 5.92 Å². The fourth-order valence-electron chi connectivity index (χ4n) is 3.83. The van der Waals surface area contributed by atoms with Gasteiger partial charge in [-0.2, -0.15) is 0 Å². The van der Waals surface area contributed by atoms with Crippen LogP contribution in [0.25, 0.3) is 0 Å². The Hall–Kier alpha value is -3.55. The Labute approximate surface area is 174 Å². The molecule has 0 bridgehead atoms. The molecule has 1 fully saturated rings. The first kappa shape index (κ1) is 19.8. The third kappa shape index (κ3) is 3.80. The number of methoxy groups -OCH3 is 2. The van der Waals surface area contributed by atoms with Gasteiger partial charge in [0.25, 0.3) is 0 Å². The maximum Gasteiger partial charge on any atom is 0.229 e. The van der Waals surface area contributed by atoms with Gasteiger partial charge in [-0.05, 0) is 42.3 Å². The molecule has 1 saturated heterocycles. The van der Waals surface area contributed by atoms with Crippen molar-refractivity contribution in [3.05, 3.63) is 42.0 Å². The van der Waals surface area contributed by atoms with Crippen LogP contribution in [0.4, 0.5) is 17.1 Å². The molecular formula is C22H23N3O5. The number of nitrogens with one attached hydrogen (secondary N) is 2. The summed E-state index contributed by atoms with van der Waals surface area (Å²) in [6.45, 7) is 0.293. The molecule has 2 aromatic rings. The number of carbonyl (C=O) groups excluding carboxylic acids is 3. The van der Waals surface area contributed by atoms with Crippen molar-refractivity contribution in [2.24, 2.45) is 5.92 Å². The minimum absolute atomic E-state index is 0.000919. The van der Waals surface area contributed by atoms with E-state index in [1.54, 1.807) is 42.3 Å². The molecule has 0 radical (unpaired) electrons. The second-order valence-electron chi connectivity index (χ2n) is 7.35. The lowest BCUT2D eigenvalue weighted by Gasteiger charge is -2.19. The number of hydrogen-bond acceptors (Lipinski definition) is 5. The number of aryl methyl sites for hydroxylation is 1. The van der Waals surface area contributed by atoms with Crippen LogP contribution in [0.2, 0.25) is 0 Å². The quantitative estimate of drug-likeness (QED) is 0.791. The van der Waals surface area contributed by atoms with Crippen molar-refractivity contribution in [1.29, 1.82) is 0 Å². The minimum atomic E-state index is -0.457. The van der Waals surface area contributed by atoms with Crippen LogP contribution in [0.15, 0.2) is 36.4 Å². The van der Waals surface area contributed by atoms with Gasteiger partial charge in [-0.1, -0.05) is 0 Å². The van der Waals surface area contributed by atoms with Crippen molar-refractivity contribution < 1.29 is 23.9 Å². The number of benzene rings is 2. The number of amides is 3. The van der Waals surface area contributed by atoms with E-state index in [-0.39, 0.29) is 24.1 Å². The Morgan fingerprint density at radius 3 is 2.63 bits per heavy atom. The molecule has 2 aliphatic rings. The summed E-state index contributed by atoms with van der Waals surface area (Å²) in [6.07, 6.45) is 1.21. The van der Waals surface area contributed by atoms with E-state index < -0.39 is 5.92 Å². The zero-order chi connectivity index (χ0) is 21.3. The topological polar surface area (TPSA) is 97.0 Å². The highest BCUT2D eigenvalue weighted by atomic mass is 16.5. The van der Waals surface area contributed by atoms with Crippen LogP contribution < -0.4 is 25.0 Å². The number of hydrogen-bond donors (Lipinski definition) is 2. The number of anilines is 3. The smallest absolute Gasteiger partial charge is 0.229 e. The molecule has 1 atom stereocenters. The van der Waals surface area contributed by atoms with Crippen LogP contribution in [-0.4, -0.2) is 38.5 Å². The maximum atomic E-state index is 12.8. The van der Waals surface area contributed by atoms with Crippen LogP contribution in [0.1, 0.15) is 18.4 Å². The van der Waals surface area contributed by atoms with Crippen molar-refractivity contribution in [3.8, 4) is 11.5 Å². The molecule has 156 valence electrons. The largest absolute Gasteiger partial charge is 0.493 e. The van der Waals surface area contributed by atoms with E-state index in [0.717, 1.165) is 11.3 Å². The van der Waals surface area contributed by atoms with Gasteiger partial charge in [0.15, 0.2) is 11.5 Å². The van der Waals surface area contributed by atoms with Crippen molar-refractivity contribution in [3.63, 3.8) is 0 Å². The Bertz CT molecular complexity index is 1020. The molecule has 2 N–H and O–H groups in total. The summed E-state index contributed by atoms with van der Waals surface area (Å²) in [7, 11) is 3.08. The highest BCUT2D eigenvalue weighted by Gasteiger charge is 2.35. The van der Waals surface area contributed by atoms with Gasteiger partial charge < -0.3 is 25.0 Å². The number of ether oxygens (including phenoxy) is 2. The van der Waals surface area contributed by atoms with Gasteiger partial charge in [0.05, 0.1) is 20.1 Å². The predicted molar refractivity (Wildman–Crippen MR) is 112 cm³/mol. The molecule has 30 heavy (non-hydrogen) atoms. The van der Waals surface area contributed by atoms with Crippen molar-refractivity contribution >= 4 is 34.8 Å². The lowest BCUT2D eigenvalue weighted by Crippen LogP contribution is -2.28. The summed E-state index contributed by atoms with van der Waals surface area (Å²) >= 11 is 0. The van der Waals surface area contributed by atoms with Gasteiger partial charge in [0, 0.05) is 42.5 Å². The normalized spacial score (nSPS) is 17.9. The Morgan fingerprint density at radius 2 is 1.87 bits per heavy atom. The summed E-state index contributed by atoms with van der Waals surface area (Å²) in [6, 6.07) is 10.7. The summed E-state index contributed by atoms with van der Waals surface area (Å²) in [4.78, 5) is 38.4. The number of rotatable bonds is 5. The molecule has 2 aromatic carbocycles. The molecule has 0 aromatic heterocycles. The fraction of sp³-hybridized carbons (Fsp3) is 0.318. The minimum Gasteiger partial charge on any atom is -0.493 e. The van der Waals surface area contributed by atoms with Gasteiger partial charge >= 0.3 is 0 Å². The number of carbonyl (C=O) groups is 3. The Balaban J connectivity index is 1.45. The van der Waals surface area contributed by atoms with E-state index in [2.05, 4.69) is 10.6 Å². The first-order chi connectivity index (χ1) is 14.5. The monoisotopic (exact) mass is 409 g/mol. The van der Waals surface area contributed by atoms with Crippen LogP contribution >= 0.6 is 0 Å². The molecule has 1 unspecified atom stereocenters. The standard InChI is InChI=1S/C22H23N3O5/c1-29-18-7-5-16(11-19(18)30-2)25-12-14(10-21(25)27)22(28)23-15-4-6-17-13(9-15)3-8-20(26)24-17/h4-7,9,11,14H,3,8,10,12H2,1-2H3,(H,23,28)(H,24,26). The van der Waals surface area contributed by atoms with Crippen molar-refractivity contribution in [2.45, 2.75) is 19.3 Å². The zero-order valence-electron chi connectivity index (χ0n) is 16.9. The van der Waals surface area contributed by atoms with Crippen LogP contribution in [0.5, 0.6) is 11.5 Å².